The van der Waals surface area contributed by atoms with Gasteiger partial charge in [0.1, 0.15) is 5.69 Å². The lowest BCUT2D eigenvalue weighted by Crippen LogP contribution is -2.15. The second-order valence-electron chi connectivity index (χ2n) is 4.61. The average Bonchev–Trinajstić information content (AvgIpc) is 2.90. The predicted molar refractivity (Wildman–Crippen MR) is 72.1 cm³/mol. The van der Waals surface area contributed by atoms with Crippen LogP contribution in [0.1, 0.15) is 25.7 Å². The normalized spacial score (nSPS) is 15.3. The number of hydrogen-bond acceptors (Lipinski definition) is 5. The van der Waals surface area contributed by atoms with Gasteiger partial charge in [0.05, 0.1) is 25.2 Å². The first-order valence-corrected chi connectivity index (χ1v) is 6.32. The van der Waals surface area contributed by atoms with Crippen molar-refractivity contribution in [2.75, 3.05) is 19.5 Å². The van der Waals surface area contributed by atoms with E-state index in [1.807, 2.05) is 0 Å². The predicted octanol–water partition coefficient (Wildman–Crippen LogP) is 2.97. The Labute approximate surface area is 111 Å². The van der Waals surface area contributed by atoms with Crippen LogP contribution in [0.4, 0.5) is 11.4 Å². The molecule has 0 radical (unpaired) electrons. The number of anilines is 1. The van der Waals surface area contributed by atoms with Crippen LogP contribution in [0.3, 0.4) is 0 Å². The number of methoxy groups -OCH3 is 2. The second-order valence-corrected chi connectivity index (χ2v) is 4.61. The van der Waals surface area contributed by atoms with Crippen molar-refractivity contribution in [3.05, 3.63) is 22.2 Å². The quantitative estimate of drug-likeness (QED) is 0.655. The second kappa shape index (κ2) is 5.77. The summed E-state index contributed by atoms with van der Waals surface area (Å²) in [5, 5.41) is 14.4. The maximum Gasteiger partial charge on any atom is 0.296 e. The molecule has 0 saturated heterocycles. The van der Waals surface area contributed by atoms with Gasteiger partial charge in [-0.1, -0.05) is 12.8 Å². The van der Waals surface area contributed by atoms with E-state index in [0.717, 1.165) is 12.8 Å². The highest BCUT2D eigenvalue weighted by atomic mass is 16.6. The van der Waals surface area contributed by atoms with E-state index in [9.17, 15) is 10.1 Å². The average molecular weight is 266 g/mol. The molecule has 1 saturated carbocycles. The maximum absolute atomic E-state index is 11.1. The topological polar surface area (TPSA) is 73.6 Å². The summed E-state index contributed by atoms with van der Waals surface area (Å²) in [5.74, 6) is 0.861. The number of benzene rings is 1. The van der Waals surface area contributed by atoms with Crippen LogP contribution in [-0.2, 0) is 0 Å². The summed E-state index contributed by atoms with van der Waals surface area (Å²) in [6.07, 6.45) is 4.43. The SMILES string of the molecule is COc1cc(NC2CCCC2)c([N+](=O)[O-])cc1OC. The first kappa shape index (κ1) is 13.5. The number of nitro groups is 1. The number of nitro benzene ring substituents is 1. The summed E-state index contributed by atoms with van der Waals surface area (Å²) in [6, 6.07) is 3.34. The first-order valence-electron chi connectivity index (χ1n) is 6.32. The van der Waals surface area contributed by atoms with Crippen LogP contribution in [0.2, 0.25) is 0 Å². The van der Waals surface area contributed by atoms with Crippen LogP contribution >= 0.6 is 0 Å². The Morgan fingerprint density at radius 2 is 1.79 bits per heavy atom. The lowest BCUT2D eigenvalue weighted by molar-refractivity contribution is -0.384. The Balaban J connectivity index is 2.35. The van der Waals surface area contributed by atoms with E-state index >= 15 is 0 Å². The molecule has 1 aliphatic carbocycles. The molecule has 0 aliphatic heterocycles. The van der Waals surface area contributed by atoms with Gasteiger partial charge < -0.3 is 14.8 Å². The minimum Gasteiger partial charge on any atom is -0.493 e. The Hall–Kier alpha value is -1.98. The van der Waals surface area contributed by atoms with E-state index < -0.39 is 4.92 Å². The minimum atomic E-state index is -0.404. The van der Waals surface area contributed by atoms with E-state index in [4.69, 9.17) is 9.47 Å². The molecule has 0 bridgehead atoms. The van der Waals surface area contributed by atoms with Gasteiger partial charge in [-0.15, -0.1) is 0 Å². The van der Waals surface area contributed by atoms with Gasteiger partial charge in [-0.3, -0.25) is 10.1 Å². The molecule has 19 heavy (non-hydrogen) atoms. The van der Waals surface area contributed by atoms with Gasteiger partial charge in [0.15, 0.2) is 11.5 Å². The van der Waals surface area contributed by atoms with Gasteiger partial charge in [0.2, 0.25) is 0 Å². The van der Waals surface area contributed by atoms with Crippen molar-refractivity contribution in [2.24, 2.45) is 0 Å². The first-order chi connectivity index (χ1) is 9.15. The summed E-state index contributed by atoms with van der Waals surface area (Å²) in [7, 11) is 2.98. The number of hydrogen-bond donors (Lipinski definition) is 1. The third-order valence-corrected chi connectivity index (χ3v) is 3.41. The highest BCUT2D eigenvalue weighted by molar-refractivity contribution is 5.68. The molecule has 1 N–H and O–H groups in total. The fraction of sp³-hybridized carbons (Fsp3) is 0.538. The molecule has 1 fully saturated rings. The lowest BCUT2D eigenvalue weighted by Gasteiger charge is -2.16. The van der Waals surface area contributed by atoms with Gasteiger partial charge in [0.25, 0.3) is 5.69 Å². The van der Waals surface area contributed by atoms with Crippen LogP contribution in [-0.4, -0.2) is 25.2 Å². The van der Waals surface area contributed by atoms with E-state index in [0.29, 0.717) is 23.2 Å². The van der Waals surface area contributed by atoms with Crippen molar-refractivity contribution in [3.63, 3.8) is 0 Å². The van der Waals surface area contributed by atoms with E-state index in [2.05, 4.69) is 5.32 Å². The molecule has 6 nitrogen and oxygen atoms in total. The van der Waals surface area contributed by atoms with Gasteiger partial charge in [-0.05, 0) is 12.8 Å². The molecule has 1 aromatic rings. The molecule has 0 spiro atoms. The summed E-state index contributed by atoms with van der Waals surface area (Å²) < 4.78 is 10.3. The monoisotopic (exact) mass is 266 g/mol. The molecule has 0 atom stereocenters. The molecule has 0 heterocycles. The van der Waals surface area contributed by atoms with Crippen molar-refractivity contribution < 1.29 is 14.4 Å². The fourth-order valence-electron chi connectivity index (χ4n) is 2.42. The van der Waals surface area contributed by atoms with Crippen LogP contribution in [0.5, 0.6) is 11.5 Å². The molecule has 0 unspecified atom stereocenters. The van der Waals surface area contributed by atoms with Gasteiger partial charge in [-0.25, -0.2) is 0 Å². The molecular weight excluding hydrogens is 248 g/mol. The number of nitrogens with zero attached hydrogens (tertiary/aromatic N) is 1. The minimum absolute atomic E-state index is 0.0181. The Morgan fingerprint density at radius 1 is 1.21 bits per heavy atom. The number of rotatable bonds is 5. The third-order valence-electron chi connectivity index (χ3n) is 3.41. The molecular formula is C13H18N2O4. The largest absolute Gasteiger partial charge is 0.493 e. The van der Waals surface area contributed by atoms with Crippen LogP contribution in [0, 0.1) is 10.1 Å². The molecule has 1 aliphatic rings. The molecule has 2 rings (SSSR count). The Kier molecular flexibility index (Phi) is 4.09. The zero-order chi connectivity index (χ0) is 13.8. The summed E-state index contributed by atoms with van der Waals surface area (Å²) in [5.41, 5.74) is 0.513. The standard InChI is InChI=1S/C13H18N2O4/c1-18-12-7-10(14-9-5-3-4-6-9)11(15(16)17)8-13(12)19-2/h7-9,14H,3-6H2,1-2H3. The van der Waals surface area contributed by atoms with Crippen molar-refractivity contribution in [2.45, 2.75) is 31.7 Å². The van der Waals surface area contributed by atoms with Gasteiger partial charge in [0, 0.05) is 12.1 Å². The summed E-state index contributed by atoms with van der Waals surface area (Å²) in [6.45, 7) is 0. The van der Waals surface area contributed by atoms with Gasteiger partial charge in [-0.2, -0.15) is 0 Å². The maximum atomic E-state index is 11.1. The van der Waals surface area contributed by atoms with Crippen molar-refractivity contribution >= 4 is 11.4 Å². The lowest BCUT2D eigenvalue weighted by atomic mass is 10.2. The van der Waals surface area contributed by atoms with Crippen molar-refractivity contribution in [1.82, 2.24) is 0 Å². The highest BCUT2D eigenvalue weighted by Crippen LogP contribution is 2.38. The van der Waals surface area contributed by atoms with Gasteiger partial charge >= 0.3 is 0 Å². The molecule has 1 aromatic carbocycles. The third kappa shape index (κ3) is 2.89. The Bertz CT molecular complexity index is 470. The van der Waals surface area contributed by atoms with Crippen molar-refractivity contribution in [1.29, 1.82) is 0 Å². The molecule has 0 aromatic heterocycles. The summed E-state index contributed by atoms with van der Waals surface area (Å²) >= 11 is 0. The van der Waals surface area contributed by atoms with Crippen molar-refractivity contribution in [3.8, 4) is 11.5 Å². The van der Waals surface area contributed by atoms with E-state index in [1.165, 1.54) is 33.1 Å². The zero-order valence-corrected chi connectivity index (χ0v) is 11.1. The van der Waals surface area contributed by atoms with Crippen LogP contribution in [0.15, 0.2) is 12.1 Å². The Morgan fingerprint density at radius 3 is 2.32 bits per heavy atom. The van der Waals surface area contributed by atoms with Crippen LogP contribution in [0.25, 0.3) is 0 Å². The number of ether oxygens (including phenoxy) is 2. The molecule has 104 valence electrons. The number of nitrogens with one attached hydrogen (secondary N) is 1. The van der Waals surface area contributed by atoms with E-state index in [-0.39, 0.29) is 5.69 Å². The fourth-order valence-corrected chi connectivity index (χ4v) is 2.42. The zero-order valence-electron chi connectivity index (χ0n) is 11.1. The van der Waals surface area contributed by atoms with Crippen LogP contribution < -0.4 is 14.8 Å². The molecule has 6 heteroatoms. The highest BCUT2D eigenvalue weighted by Gasteiger charge is 2.23. The molecule has 0 amide bonds. The smallest absolute Gasteiger partial charge is 0.296 e. The van der Waals surface area contributed by atoms with E-state index in [1.54, 1.807) is 6.07 Å². The summed E-state index contributed by atoms with van der Waals surface area (Å²) in [4.78, 5) is 10.7.